The Morgan fingerprint density at radius 1 is 0.444 bits per heavy atom. The SMILES string of the molecule is CCCCCCCCCCOC(=O)C(C)=C(CCCCCCCCCC)CCCCCCCCCC. The fourth-order valence-electron chi connectivity index (χ4n) is 5.10. The van der Waals surface area contributed by atoms with Crippen LogP contribution in [0.2, 0.25) is 0 Å². The largest absolute Gasteiger partial charge is 0.462 e. The highest BCUT2D eigenvalue weighted by molar-refractivity contribution is 5.88. The Morgan fingerprint density at radius 3 is 1.11 bits per heavy atom. The van der Waals surface area contributed by atoms with Gasteiger partial charge in [-0.3, -0.25) is 0 Å². The van der Waals surface area contributed by atoms with Crippen LogP contribution in [0.4, 0.5) is 0 Å². The zero-order valence-electron chi connectivity index (χ0n) is 25.4. The average molecular weight is 507 g/mol. The molecule has 0 aromatic carbocycles. The van der Waals surface area contributed by atoms with Crippen LogP contribution in [0.5, 0.6) is 0 Å². The molecule has 0 rings (SSSR count). The van der Waals surface area contributed by atoms with E-state index >= 15 is 0 Å². The van der Waals surface area contributed by atoms with Crippen molar-refractivity contribution in [3.63, 3.8) is 0 Å². The molecular formula is C34H66O2. The molecule has 0 radical (unpaired) electrons. The number of hydrogen-bond donors (Lipinski definition) is 0. The molecule has 0 aromatic rings. The molecule has 0 saturated heterocycles. The molecule has 0 amide bonds. The van der Waals surface area contributed by atoms with Gasteiger partial charge < -0.3 is 4.74 Å². The average Bonchev–Trinajstić information content (AvgIpc) is 2.89. The van der Waals surface area contributed by atoms with E-state index in [4.69, 9.17) is 4.74 Å². The molecule has 0 saturated carbocycles. The zero-order chi connectivity index (χ0) is 26.5. The van der Waals surface area contributed by atoms with Gasteiger partial charge in [-0.15, -0.1) is 0 Å². The van der Waals surface area contributed by atoms with Crippen molar-refractivity contribution in [3.8, 4) is 0 Å². The summed E-state index contributed by atoms with van der Waals surface area (Å²) in [5.74, 6) is -0.0490. The third kappa shape index (κ3) is 23.6. The molecule has 0 bridgehead atoms. The summed E-state index contributed by atoms with van der Waals surface area (Å²) < 4.78 is 5.70. The van der Waals surface area contributed by atoms with Gasteiger partial charge in [-0.2, -0.15) is 0 Å². The normalized spacial score (nSPS) is 11.1. The first-order valence-electron chi connectivity index (χ1n) is 16.5. The van der Waals surface area contributed by atoms with E-state index in [9.17, 15) is 4.79 Å². The van der Waals surface area contributed by atoms with Crippen LogP contribution in [0.25, 0.3) is 0 Å². The number of allylic oxidation sites excluding steroid dienone is 1. The van der Waals surface area contributed by atoms with Gasteiger partial charge in [0.05, 0.1) is 6.61 Å². The summed E-state index contributed by atoms with van der Waals surface area (Å²) in [4.78, 5) is 12.8. The number of unbranched alkanes of at least 4 members (excludes halogenated alkanes) is 21. The Hall–Kier alpha value is -0.790. The molecule has 2 heteroatoms. The number of carbonyl (C=O) groups excluding carboxylic acids is 1. The van der Waals surface area contributed by atoms with Crippen molar-refractivity contribution >= 4 is 5.97 Å². The molecule has 0 aliphatic carbocycles. The predicted octanol–water partition coefficient (Wildman–Crippen LogP) is 12.0. The molecule has 0 aliphatic heterocycles. The first-order chi connectivity index (χ1) is 17.7. The van der Waals surface area contributed by atoms with Crippen molar-refractivity contribution in [2.24, 2.45) is 0 Å². The van der Waals surface area contributed by atoms with Crippen LogP contribution in [-0.2, 0) is 9.53 Å². The van der Waals surface area contributed by atoms with Gasteiger partial charge in [-0.25, -0.2) is 4.79 Å². The van der Waals surface area contributed by atoms with Gasteiger partial charge in [0.2, 0.25) is 0 Å². The number of hydrogen-bond acceptors (Lipinski definition) is 2. The van der Waals surface area contributed by atoms with Gasteiger partial charge in [-0.1, -0.05) is 161 Å². The summed E-state index contributed by atoms with van der Waals surface area (Å²) >= 11 is 0. The van der Waals surface area contributed by atoms with Gasteiger partial charge in [-0.05, 0) is 39.0 Å². The molecule has 0 aliphatic rings. The van der Waals surface area contributed by atoms with Crippen LogP contribution in [0, 0.1) is 0 Å². The summed E-state index contributed by atoms with van der Waals surface area (Å²) in [5, 5.41) is 0. The van der Waals surface area contributed by atoms with E-state index in [1.807, 2.05) is 6.92 Å². The van der Waals surface area contributed by atoms with E-state index < -0.39 is 0 Å². The summed E-state index contributed by atoms with van der Waals surface area (Å²) in [6.45, 7) is 9.45. The molecule has 0 unspecified atom stereocenters. The molecule has 0 spiro atoms. The van der Waals surface area contributed by atoms with Gasteiger partial charge in [0.1, 0.15) is 0 Å². The standard InChI is InChI=1S/C34H66O2/c1-5-8-11-14-17-20-23-26-29-33(30-27-24-21-18-15-12-9-6-2)32(4)34(35)36-31-28-25-22-19-16-13-10-7-3/h5-31H2,1-4H3. The maximum atomic E-state index is 12.8. The van der Waals surface area contributed by atoms with Gasteiger partial charge in [0, 0.05) is 5.57 Å². The smallest absolute Gasteiger partial charge is 0.333 e. The predicted molar refractivity (Wildman–Crippen MR) is 161 cm³/mol. The Bertz CT molecular complexity index is 471. The van der Waals surface area contributed by atoms with Crippen LogP contribution in [-0.4, -0.2) is 12.6 Å². The second kappa shape index (κ2) is 28.8. The van der Waals surface area contributed by atoms with Crippen molar-refractivity contribution in [1.82, 2.24) is 0 Å². The Kier molecular flexibility index (Phi) is 28.1. The summed E-state index contributed by atoms with van der Waals surface area (Å²) in [5.41, 5.74) is 2.30. The highest BCUT2D eigenvalue weighted by Crippen LogP contribution is 2.23. The molecule has 36 heavy (non-hydrogen) atoms. The number of carbonyl (C=O) groups is 1. The molecule has 0 N–H and O–H groups in total. The highest BCUT2D eigenvalue weighted by Gasteiger charge is 2.12. The lowest BCUT2D eigenvalue weighted by atomic mass is 9.95. The van der Waals surface area contributed by atoms with Crippen LogP contribution >= 0.6 is 0 Å². The van der Waals surface area contributed by atoms with Crippen LogP contribution in [0.15, 0.2) is 11.1 Å². The Balaban J connectivity index is 4.34. The van der Waals surface area contributed by atoms with Crippen molar-refractivity contribution in [2.45, 2.75) is 195 Å². The van der Waals surface area contributed by atoms with E-state index in [2.05, 4.69) is 20.8 Å². The second-order valence-electron chi connectivity index (χ2n) is 11.3. The van der Waals surface area contributed by atoms with Crippen LogP contribution in [0.1, 0.15) is 195 Å². The second-order valence-corrected chi connectivity index (χ2v) is 11.3. The minimum Gasteiger partial charge on any atom is -0.462 e. The van der Waals surface area contributed by atoms with E-state index in [-0.39, 0.29) is 5.97 Å². The molecule has 214 valence electrons. The minimum absolute atomic E-state index is 0.0490. The maximum absolute atomic E-state index is 12.8. The Morgan fingerprint density at radius 2 is 0.750 bits per heavy atom. The maximum Gasteiger partial charge on any atom is 0.333 e. The molecular weight excluding hydrogens is 440 g/mol. The van der Waals surface area contributed by atoms with Crippen molar-refractivity contribution in [3.05, 3.63) is 11.1 Å². The number of esters is 1. The van der Waals surface area contributed by atoms with E-state index in [1.165, 1.54) is 153 Å². The van der Waals surface area contributed by atoms with Crippen LogP contribution < -0.4 is 0 Å². The fraction of sp³-hybridized carbons (Fsp3) is 0.912. The van der Waals surface area contributed by atoms with Crippen molar-refractivity contribution in [2.75, 3.05) is 6.61 Å². The van der Waals surface area contributed by atoms with E-state index in [0.717, 1.165) is 24.8 Å². The lowest BCUT2D eigenvalue weighted by molar-refractivity contribution is -0.139. The van der Waals surface area contributed by atoms with Gasteiger partial charge in [0.25, 0.3) is 0 Å². The molecule has 0 fully saturated rings. The number of rotatable bonds is 28. The molecule has 0 atom stereocenters. The summed E-state index contributed by atoms with van der Waals surface area (Å²) in [6, 6.07) is 0. The lowest BCUT2D eigenvalue weighted by Crippen LogP contribution is -2.10. The Labute approximate surface area is 227 Å². The fourth-order valence-corrected chi connectivity index (χ4v) is 5.10. The minimum atomic E-state index is -0.0490. The van der Waals surface area contributed by atoms with Gasteiger partial charge in [0.15, 0.2) is 0 Å². The monoisotopic (exact) mass is 507 g/mol. The summed E-state index contributed by atoms with van der Waals surface area (Å²) in [7, 11) is 0. The quantitative estimate of drug-likeness (QED) is 0.0599. The summed E-state index contributed by atoms with van der Waals surface area (Å²) in [6.07, 6.45) is 33.8. The van der Waals surface area contributed by atoms with Gasteiger partial charge >= 0.3 is 5.97 Å². The third-order valence-corrected chi connectivity index (χ3v) is 7.73. The van der Waals surface area contributed by atoms with Crippen LogP contribution in [0.3, 0.4) is 0 Å². The molecule has 2 nitrogen and oxygen atoms in total. The van der Waals surface area contributed by atoms with E-state index in [1.54, 1.807) is 0 Å². The topological polar surface area (TPSA) is 26.3 Å². The first kappa shape index (κ1) is 35.2. The van der Waals surface area contributed by atoms with Crippen molar-refractivity contribution in [1.29, 1.82) is 0 Å². The van der Waals surface area contributed by atoms with E-state index in [0.29, 0.717) is 6.61 Å². The zero-order valence-corrected chi connectivity index (χ0v) is 25.4. The first-order valence-corrected chi connectivity index (χ1v) is 16.5. The molecule has 0 aromatic heterocycles. The third-order valence-electron chi connectivity index (χ3n) is 7.73. The lowest BCUT2D eigenvalue weighted by Gasteiger charge is -2.13. The number of ether oxygens (including phenoxy) is 1. The highest BCUT2D eigenvalue weighted by atomic mass is 16.5. The molecule has 0 heterocycles. The van der Waals surface area contributed by atoms with Crippen molar-refractivity contribution < 1.29 is 9.53 Å².